The first kappa shape index (κ1) is 14.7. The van der Waals surface area contributed by atoms with Crippen molar-refractivity contribution >= 4 is 12.1 Å². The SMILES string of the molecule is CC(C)C(=O)O[C@@H](C)OC(=O)On1c(O)ccc1O. The summed E-state index contributed by atoms with van der Waals surface area (Å²) >= 11 is 0. The molecule has 0 radical (unpaired) electrons. The normalized spacial score (nSPS) is 12.0. The quantitative estimate of drug-likeness (QED) is 0.622. The molecule has 0 aliphatic carbocycles. The van der Waals surface area contributed by atoms with Gasteiger partial charge in [-0.3, -0.25) is 9.63 Å². The summed E-state index contributed by atoms with van der Waals surface area (Å²) in [6.45, 7) is 4.59. The molecule has 0 saturated carbocycles. The van der Waals surface area contributed by atoms with Crippen LogP contribution in [0.3, 0.4) is 0 Å². The molecule has 2 N–H and O–H groups in total. The lowest BCUT2D eigenvalue weighted by molar-refractivity contribution is -0.171. The van der Waals surface area contributed by atoms with E-state index >= 15 is 0 Å². The van der Waals surface area contributed by atoms with Gasteiger partial charge in [0, 0.05) is 19.1 Å². The first-order chi connectivity index (χ1) is 8.81. The molecule has 1 aromatic heterocycles. The third kappa shape index (κ3) is 4.09. The van der Waals surface area contributed by atoms with Crippen LogP contribution in [0, 0.1) is 5.92 Å². The maximum absolute atomic E-state index is 11.3. The van der Waals surface area contributed by atoms with Gasteiger partial charge in [0.15, 0.2) is 0 Å². The zero-order chi connectivity index (χ0) is 14.6. The molecule has 0 aliphatic rings. The van der Waals surface area contributed by atoms with E-state index in [4.69, 9.17) is 4.74 Å². The monoisotopic (exact) mass is 273 g/mol. The topological polar surface area (TPSA) is 107 Å². The molecule has 8 nitrogen and oxygen atoms in total. The van der Waals surface area contributed by atoms with Gasteiger partial charge >= 0.3 is 12.1 Å². The molecular weight excluding hydrogens is 258 g/mol. The standard InChI is InChI=1S/C11H15NO7/c1-6(2)10(15)17-7(3)18-11(16)19-12-8(13)4-5-9(12)14/h4-7,13-14H,1-3H3/t7-/m1/s1. The van der Waals surface area contributed by atoms with E-state index in [-0.39, 0.29) is 5.92 Å². The van der Waals surface area contributed by atoms with E-state index in [9.17, 15) is 19.8 Å². The summed E-state index contributed by atoms with van der Waals surface area (Å²) < 4.78 is 9.83. The van der Waals surface area contributed by atoms with E-state index in [1.165, 1.54) is 6.92 Å². The van der Waals surface area contributed by atoms with Crippen LogP contribution in [0.4, 0.5) is 4.79 Å². The maximum atomic E-state index is 11.3. The van der Waals surface area contributed by atoms with Gasteiger partial charge in [0.2, 0.25) is 18.1 Å². The number of rotatable bonds is 4. The number of nitrogens with zero attached hydrogens (tertiary/aromatic N) is 1. The molecule has 106 valence electrons. The van der Waals surface area contributed by atoms with Crippen LogP contribution in [-0.4, -0.2) is 33.4 Å². The minimum absolute atomic E-state index is 0.361. The molecule has 1 heterocycles. The third-order valence-corrected chi connectivity index (χ3v) is 1.98. The van der Waals surface area contributed by atoms with Gasteiger partial charge in [-0.2, -0.15) is 0 Å². The molecule has 1 rings (SSSR count). The van der Waals surface area contributed by atoms with Crippen molar-refractivity contribution < 1.29 is 34.1 Å². The highest BCUT2D eigenvalue weighted by molar-refractivity contribution is 5.71. The molecule has 1 atom stereocenters. The van der Waals surface area contributed by atoms with Gasteiger partial charge in [0.1, 0.15) is 0 Å². The second kappa shape index (κ2) is 5.98. The Labute approximate surface area is 109 Å². The van der Waals surface area contributed by atoms with Crippen LogP contribution in [0.5, 0.6) is 11.8 Å². The number of carbonyl (C=O) groups excluding carboxylic acids is 2. The first-order valence-corrected chi connectivity index (χ1v) is 5.50. The van der Waals surface area contributed by atoms with Gasteiger partial charge in [-0.15, -0.1) is 4.73 Å². The molecule has 0 aromatic carbocycles. The van der Waals surface area contributed by atoms with E-state index in [1.807, 2.05) is 0 Å². The summed E-state index contributed by atoms with van der Waals surface area (Å²) in [6.07, 6.45) is -2.40. The van der Waals surface area contributed by atoms with Gasteiger partial charge in [0.25, 0.3) is 0 Å². The number of aromatic hydroxyl groups is 2. The van der Waals surface area contributed by atoms with Crippen LogP contribution in [-0.2, 0) is 14.3 Å². The Morgan fingerprint density at radius 1 is 1.11 bits per heavy atom. The smallest absolute Gasteiger partial charge is 0.492 e. The average Bonchev–Trinajstić information content (AvgIpc) is 2.60. The van der Waals surface area contributed by atoms with Crippen molar-refractivity contribution in [2.75, 3.05) is 0 Å². The summed E-state index contributed by atoms with van der Waals surface area (Å²) in [5, 5.41) is 18.4. The predicted molar refractivity (Wildman–Crippen MR) is 61.2 cm³/mol. The highest BCUT2D eigenvalue weighted by atomic mass is 16.9. The van der Waals surface area contributed by atoms with Crippen molar-refractivity contribution in [3.8, 4) is 11.8 Å². The Hall–Kier alpha value is -2.38. The molecular formula is C11H15NO7. The van der Waals surface area contributed by atoms with Gasteiger partial charge in [-0.05, 0) is 0 Å². The van der Waals surface area contributed by atoms with Crippen molar-refractivity contribution in [3.63, 3.8) is 0 Å². The number of ether oxygens (including phenoxy) is 2. The highest BCUT2D eigenvalue weighted by Gasteiger charge is 2.19. The molecule has 0 saturated heterocycles. The van der Waals surface area contributed by atoms with E-state index < -0.39 is 30.2 Å². The fourth-order valence-corrected chi connectivity index (χ4v) is 1.05. The fourth-order valence-electron chi connectivity index (χ4n) is 1.05. The average molecular weight is 273 g/mol. The molecule has 8 heteroatoms. The number of aromatic nitrogens is 1. The van der Waals surface area contributed by atoms with Crippen molar-refractivity contribution in [3.05, 3.63) is 12.1 Å². The Morgan fingerprint density at radius 2 is 1.63 bits per heavy atom. The summed E-state index contributed by atoms with van der Waals surface area (Å²) in [4.78, 5) is 27.0. The maximum Gasteiger partial charge on any atom is 0.537 e. The van der Waals surface area contributed by atoms with Crippen LogP contribution in [0.25, 0.3) is 0 Å². The molecule has 1 aromatic rings. The number of esters is 1. The molecule has 0 amide bonds. The van der Waals surface area contributed by atoms with Crippen LogP contribution >= 0.6 is 0 Å². The van der Waals surface area contributed by atoms with Crippen molar-refractivity contribution in [1.82, 2.24) is 4.73 Å². The summed E-state index contributed by atoms with van der Waals surface area (Å²) in [7, 11) is 0. The number of hydrogen-bond donors (Lipinski definition) is 2. The zero-order valence-electron chi connectivity index (χ0n) is 10.7. The summed E-state index contributed by atoms with van der Waals surface area (Å²) in [5.74, 6) is -1.87. The Bertz CT molecular complexity index is 446. The van der Waals surface area contributed by atoms with Gasteiger partial charge in [-0.25, -0.2) is 4.79 Å². The third-order valence-electron chi connectivity index (χ3n) is 1.98. The lowest BCUT2D eigenvalue weighted by Crippen LogP contribution is -2.28. The molecule has 0 unspecified atom stereocenters. The minimum atomic E-state index is -1.24. The van der Waals surface area contributed by atoms with E-state index in [0.29, 0.717) is 4.73 Å². The molecule has 0 spiro atoms. The Morgan fingerprint density at radius 3 is 2.11 bits per heavy atom. The van der Waals surface area contributed by atoms with Crippen molar-refractivity contribution in [2.45, 2.75) is 27.1 Å². The van der Waals surface area contributed by atoms with Crippen LogP contribution in [0.1, 0.15) is 20.8 Å². The van der Waals surface area contributed by atoms with Crippen LogP contribution in [0.15, 0.2) is 12.1 Å². The van der Waals surface area contributed by atoms with Crippen LogP contribution in [0.2, 0.25) is 0 Å². The van der Waals surface area contributed by atoms with Crippen molar-refractivity contribution in [2.24, 2.45) is 5.92 Å². The second-order valence-corrected chi connectivity index (χ2v) is 3.96. The molecule has 0 bridgehead atoms. The first-order valence-electron chi connectivity index (χ1n) is 5.50. The number of hydrogen-bond acceptors (Lipinski definition) is 7. The lowest BCUT2D eigenvalue weighted by Gasteiger charge is -2.15. The van der Waals surface area contributed by atoms with Crippen molar-refractivity contribution in [1.29, 1.82) is 0 Å². The molecule has 0 fully saturated rings. The Kier molecular flexibility index (Phi) is 4.62. The number of carbonyl (C=O) groups is 2. The molecule has 0 aliphatic heterocycles. The minimum Gasteiger partial charge on any atom is -0.492 e. The lowest BCUT2D eigenvalue weighted by atomic mass is 10.2. The highest BCUT2D eigenvalue weighted by Crippen LogP contribution is 2.18. The van der Waals surface area contributed by atoms with E-state index in [0.717, 1.165) is 12.1 Å². The summed E-state index contributed by atoms with van der Waals surface area (Å²) in [6, 6.07) is 2.23. The van der Waals surface area contributed by atoms with Crippen LogP contribution < -0.4 is 4.84 Å². The van der Waals surface area contributed by atoms with Gasteiger partial charge in [0.05, 0.1) is 5.92 Å². The second-order valence-electron chi connectivity index (χ2n) is 3.96. The Balaban J connectivity index is 2.50. The molecule has 19 heavy (non-hydrogen) atoms. The van der Waals surface area contributed by atoms with E-state index in [1.54, 1.807) is 13.8 Å². The van der Waals surface area contributed by atoms with Gasteiger partial charge in [-0.1, -0.05) is 13.8 Å². The van der Waals surface area contributed by atoms with Gasteiger partial charge < -0.3 is 19.7 Å². The summed E-state index contributed by atoms with van der Waals surface area (Å²) in [5.41, 5.74) is 0. The zero-order valence-corrected chi connectivity index (χ0v) is 10.7. The predicted octanol–water partition coefficient (Wildman–Crippen LogP) is 1.01. The van der Waals surface area contributed by atoms with E-state index in [2.05, 4.69) is 9.57 Å². The fraction of sp³-hybridized carbons (Fsp3) is 0.455. The largest absolute Gasteiger partial charge is 0.537 e.